The number of carboxylic acids is 1. The Morgan fingerprint density at radius 1 is 1.53 bits per heavy atom. The topological polar surface area (TPSA) is 92.5 Å². The van der Waals surface area contributed by atoms with Gasteiger partial charge < -0.3 is 10.4 Å². The number of nitro groups is 1. The summed E-state index contributed by atoms with van der Waals surface area (Å²) >= 11 is 0. The van der Waals surface area contributed by atoms with Crippen LogP contribution < -0.4 is 5.32 Å². The summed E-state index contributed by atoms with van der Waals surface area (Å²) in [5.41, 5.74) is -1.20. The zero-order valence-corrected chi connectivity index (χ0v) is 10.6. The first kappa shape index (κ1) is 14.9. The van der Waals surface area contributed by atoms with Crippen LogP contribution in [0.25, 0.3) is 0 Å². The normalized spacial score (nSPS) is 13.6. The van der Waals surface area contributed by atoms with Gasteiger partial charge in [0.1, 0.15) is 5.82 Å². The fraction of sp³-hybridized carbons (Fsp3) is 0.417. The number of halogens is 1. The molecule has 1 aromatic carbocycles. The Morgan fingerprint density at radius 2 is 2.16 bits per heavy atom. The molecular weight excluding hydrogens is 255 g/mol. The molecule has 0 bridgehead atoms. The van der Waals surface area contributed by atoms with Crippen molar-refractivity contribution in [1.82, 2.24) is 0 Å². The SMILES string of the molecule is CCC(C)(CNc1cc(F)cc([N+](=O)[O-])c1)C(=O)O. The lowest BCUT2D eigenvalue weighted by Gasteiger charge is -2.23. The van der Waals surface area contributed by atoms with Crippen molar-refractivity contribution in [2.45, 2.75) is 20.3 Å². The van der Waals surface area contributed by atoms with Crippen molar-refractivity contribution < 1.29 is 19.2 Å². The lowest BCUT2D eigenvalue weighted by molar-refractivity contribution is -0.385. The Hall–Kier alpha value is -2.18. The highest BCUT2D eigenvalue weighted by atomic mass is 19.1. The van der Waals surface area contributed by atoms with E-state index in [-0.39, 0.29) is 17.9 Å². The van der Waals surface area contributed by atoms with E-state index in [1.165, 1.54) is 6.07 Å². The van der Waals surface area contributed by atoms with Gasteiger partial charge in [0.15, 0.2) is 0 Å². The van der Waals surface area contributed by atoms with E-state index in [4.69, 9.17) is 5.11 Å². The van der Waals surface area contributed by atoms with E-state index < -0.39 is 22.1 Å². The van der Waals surface area contributed by atoms with Crippen molar-refractivity contribution in [2.75, 3.05) is 11.9 Å². The molecule has 0 aliphatic rings. The maximum atomic E-state index is 13.2. The average molecular weight is 270 g/mol. The van der Waals surface area contributed by atoms with Crippen LogP contribution in [0.15, 0.2) is 18.2 Å². The van der Waals surface area contributed by atoms with Gasteiger partial charge in [0.2, 0.25) is 0 Å². The number of anilines is 1. The second kappa shape index (κ2) is 5.64. The molecular formula is C12H15FN2O4. The van der Waals surface area contributed by atoms with E-state index in [2.05, 4.69) is 5.32 Å². The molecule has 0 amide bonds. The van der Waals surface area contributed by atoms with Crippen molar-refractivity contribution in [3.63, 3.8) is 0 Å². The Labute approximate surface area is 109 Å². The Balaban J connectivity index is 2.89. The number of rotatable bonds is 6. The Morgan fingerprint density at radius 3 is 2.63 bits per heavy atom. The van der Waals surface area contributed by atoms with Gasteiger partial charge in [-0.05, 0) is 19.4 Å². The predicted molar refractivity (Wildman–Crippen MR) is 67.6 cm³/mol. The molecule has 7 heteroatoms. The lowest BCUT2D eigenvalue weighted by atomic mass is 9.87. The van der Waals surface area contributed by atoms with E-state index in [0.717, 1.165) is 12.1 Å². The molecule has 0 saturated carbocycles. The third-order valence-electron chi connectivity index (χ3n) is 3.07. The maximum Gasteiger partial charge on any atom is 0.311 e. The highest BCUT2D eigenvalue weighted by Crippen LogP contribution is 2.24. The summed E-state index contributed by atoms with van der Waals surface area (Å²) in [5.74, 6) is -1.72. The van der Waals surface area contributed by atoms with Gasteiger partial charge in [-0.25, -0.2) is 4.39 Å². The third kappa shape index (κ3) is 3.64. The summed E-state index contributed by atoms with van der Waals surface area (Å²) in [6, 6.07) is 3.06. The van der Waals surface area contributed by atoms with Crippen LogP contribution in [0.2, 0.25) is 0 Å². The monoisotopic (exact) mass is 270 g/mol. The van der Waals surface area contributed by atoms with E-state index in [1.54, 1.807) is 13.8 Å². The molecule has 1 unspecified atom stereocenters. The van der Waals surface area contributed by atoms with Crippen LogP contribution in [0, 0.1) is 21.3 Å². The van der Waals surface area contributed by atoms with Gasteiger partial charge in [0.05, 0.1) is 16.4 Å². The molecule has 0 saturated heterocycles. The molecule has 0 aliphatic heterocycles. The van der Waals surface area contributed by atoms with Gasteiger partial charge in [-0.15, -0.1) is 0 Å². The number of hydrogen-bond donors (Lipinski definition) is 2. The number of carbonyl (C=O) groups is 1. The van der Waals surface area contributed by atoms with Crippen molar-refractivity contribution in [2.24, 2.45) is 5.41 Å². The molecule has 6 nitrogen and oxygen atoms in total. The van der Waals surface area contributed by atoms with Crippen LogP contribution in [-0.4, -0.2) is 22.5 Å². The van der Waals surface area contributed by atoms with Gasteiger partial charge in [0.25, 0.3) is 5.69 Å². The average Bonchev–Trinajstić information content (AvgIpc) is 2.35. The lowest BCUT2D eigenvalue weighted by Crippen LogP contribution is -2.34. The second-order valence-electron chi connectivity index (χ2n) is 4.53. The molecule has 0 heterocycles. The van der Waals surface area contributed by atoms with Crippen molar-refractivity contribution in [3.8, 4) is 0 Å². The van der Waals surface area contributed by atoms with E-state index in [1.807, 2.05) is 0 Å². The maximum absolute atomic E-state index is 13.2. The summed E-state index contributed by atoms with van der Waals surface area (Å²) < 4.78 is 13.2. The molecule has 0 aromatic heterocycles. The fourth-order valence-electron chi connectivity index (χ4n) is 1.43. The number of hydrogen-bond acceptors (Lipinski definition) is 4. The van der Waals surface area contributed by atoms with Gasteiger partial charge in [-0.1, -0.05) is 6.92 Å². The van der Waals surface area contributed by atoms with Crippen LogP contribution >= 0.6 is 0 Å². The third-order valence-corrected chi connectivity index (χ3v) is 3.07. The molecule has 1 rings (SSSR count). The fourth-order valence-corrected chi connectivity index (χ4v) is 1.43. The van der Waals surface area contributed by atoms with Crippen molar-refractivity contribution in [3.05, 3.63) is 34.1 Å². The van der Waals surface area contributed by atoms with Crippen LogP contribution in [-0.2, 0) is 4.79 Å². The largest absolute Gasteiger partial charge is 0.481 e. The first-order valence-electron chi connectivity index (χ1n) is 5.71. The Kier molecular flexibility index (Phi) is 4.42. The first-order chi connectivity index (χ1) is 8.78. The molecule has 2 N–H and O–H groups in total. The van der Waals surface area contributed by atoms with Crippen LogP contribution in [0.3, 0.4) is 0 Å². The standard InChI is InChI=1S/C12H15FN2O4/c1-3-12(2,11(16)17)7-14-9-4-8(13)5-10(6-9)15(18)19/h4-6,14H,3,7H2,1-2H3,(H,16,17). The highest BCUT2D eigenvalue weighted by Gasteiger charge is 2.30. The molecule has 0 spiro atoms. The molecule has 19 heavy (non-hydrogen) atoms. The van der Waals surface area contributed by atoms with Gasteiger partial charge >= 0.3 is 5.97 Å². The number of nitro benzene ring substituents is 1. The number of nitrogens with zero attached hydrogens (tertiary/aromatic N) is 1. The second-order valence-corrected chi connectivity index (χ2v) is 4.53. The molecule has 104 valence electrons. The minimum Gasteiger partial charge on any atom is -0.481 e. The first-order valence-corrected chi connectivity index (χ1v) is 5.71. The molecule has 0 aliphatic carbocycles. The van der Waals surface area contributed by atoms with E-state index in [9.17, 15) is 19.3 Å². The summed E-state index contributed by atoms with van der Waals surface area (Å²) in [5, 5.41) is 22.4. The number of aliphatic carboxylic acids is 1. The van der Waals surface area contributed by atoms with Crippen LogP contribution in [0.5, 0.6) is 0 Å². The van der Waals surface area contributed by atoms with Gasteiger partial charge in [-0.3, -0.25) is 14.9 Å². The Bertz CT molecular complexity index is 507. The highest BCUT2D eigenvalue weighted by molar-refractivity contribution is 5.75. The number of benzene rings is 1. The van der Waals surface area contributed by atoms with E-state index in [0.29, 0.717) is 6.42 Å². The number of nitrogens with one attached hydrogen (secondary N) is 1. The zero-order chi connectivity index (χ0) is 14.6. The smallest absolute Gasteiger partial charge is 0.311 e. The predicted octanol–water partition coefficient (Wildman–Crippen LogP) is 2.65. The van der Waals surface area contributed by atoms with Crippen LogP contribution in [0.1, 0.15) is 20.3 Å². The summed E-state index contributed by atoms with van der Waals surface area (Å²) in [4.78, 5) is 21.0. The molecule has 0 fully saturated rings. The summed E-state index contributed by atoms with van der Waals surface area (Å²) in [7, 11) is 0. The van der Waals surface area contributed by atoms with Gasteiger partial charge in [-0.2, -0.15) is 0 Å². The molecule has 0 radical (unpaired) electrons. The van der Waals surface area contributed by atoms with Crippen molar-refractivity contribution in [1.29, 1.82) is 0 Å². The minimum absolute atomic E-state index is 0.0550. The summed E-state index contributed by atoms with van der Waals surface area (Å²) in [6.45, 7) is 3.33. The molecule has 1 aromatic rings. The molecule has 1 atom stereocenters. The van der Waals surface area contributed by atoms with E-state index >= 15 is 0 Å². The number of non-ortho nitro benzene ring substituents is 1. The summed E-state index contributed by atoms with van der Waals surface area (Å²) in [6.07, 6.45) is 0.382. The zero-order valence-electron chi connectivity index (χ0n) is 10.6. The number of carboxylic acid groups (broad SMARTS) is 1. The van der Waals surface area contributed by atoms with Gasteiger partial charge in [0, 0.05) is 18.3 Å². The minimum atomic E-state index is -1.01. The van der Waals surface area contributed by atoms with Crippen molar-refractivity contribution >= 4 is 17.3 Å². The van der Waals surface area contributed by atoms with Crippen LogP contribution in [0.4, 0.5) is 15.8 Å². The quantitative estimate of drug-likeness (QED) is 0.612.